The van der Waals surface area contributed by atoms with Gasteiger partial charge in [0.05, 0.1) is 14.9 Å². The number of rotatable bonds is 2. The minimum Gasteiger partial charge on any atom is -0.271 e. The van der Waals surface area contributed by atoms with Gasteiger partial charge in [0.2, 0.25) is 0 Å². The summed E-state index contributed by atoms with van der Waals surface area (Å²) in [6, 6.07) is 5.51. The van der Waals surface area contributed by atoms with Crippen molar-refractivity contribution in [3.05, 3.63) is 47.1 Å². The molecule has 2 aromatic heterocycles. The third-order valence-corrected chi connectivity index (χ3v) is 4.31. The SMILES string of the molecule is Clc1cccc(Sc2cncn3cnnc23)c1Cl. The normalized spacial score (nSPS) is 11.0. The first-order valence-electron chi connectivity index (χ1n) is 5.01. The highest BCUT2D eigenvalue weighted by Gasteiger charge is 2.10. The number of aromatic nitrogens is 4. The second-order valence-electron chi connectivity index (χ2n) is 3.47. The van der Waals surface area contributed by atoms with Gasteiger partial charge in [-0.2, -0.15) is 0 Å². The van der Waals surface area contributed by atoms with Gasteiger partial charge in [0.1, 0.15) is 12.7 Å². The molecule has 0 aliphatic rings. The molecule has 18 heavy (non-hydrogen) atoms. The number of halogens is 2. The molecule has 0 atom stereocenters. The van der Waals surface area contributed by atoms with Crippen LogP contribution in [-0.4, -0.2) is 19.6 Å². The lowest BCUT2D eigenvalue weighted by Gasteiger charge is -2.05. The van der Waals surface area contributed by atoms with E-state index in [0.29, 0.717) is 10.0 Å². The molecular formula is C11H6Cl2N4S. The van der Waals surface area contributed by atoms with Crippen molar-refractivity contribution in [3.63, 3.8) is 0 Å². The lowest BCUT2D eigenvalue weighted by Crippen LogP contribution is -1.88. The van der Waals surface area contributed by atoms with Gasteiger partial charge in [0.15, 0.2) is 5.65 Å². The van der Waals surface area contributed by atoms with E-state index >= 15 is 0 Å². The summed E-state index contributed by atoms with van der Waals surface area (Å²) < 4.78 is 1.75. The number of hydrogen-bond donors (Lipinski definition) is 0. The Morgan fingerprint density at radius 1 is 1.11 bits per heavy atom. The first kappa shape index (κ1) is 11.8. The zero-order valence-electron chi connectivity index (χ0n) is 8.92. The fourth-order valence-corrected chi connectivity index (χ4v) is 2.89. The Morgan fingerprint density at radius 2 is 2.00 bits per heavy atom. The zero-order valence-corrected chi connectivity index (χ0v) is 11.2. The van der Waals surface area contributed by atoms with Crippen molar-refractivity contribution < 1.29 is 0 Å². The van der Waals surface area contributed by atoms with Crippen molar-refractivity contribution >= 4 is 40.6 Å². The first-order valence-corrected chi connectivity index (χ1v) is 6.58. The predicted octanol–water partition coefficient (Wildman–Crippen LogP) is 3.58. The third kappa shape index (κ3) is 2.05. The lowest BCUT2D eigenvalue weighted by atomic mass is 10.4. The first-order chi connectivity index (χ1) is 8.75. The van der Waals surface area contributed by atoms with Gasteiger partial charge in [-0.15, -0.1) is 10.2 Å². The molecule has 0 spiro atoms. The Morgan fingerprint density at radius 3 is 2.89 bits per heavy atom. The van der Waals surface area contributed by atoms with Crippen molar-refractivity contribution in [2.24, 2.45) is 0 Å². The molecule has 1 aromatic carbocycles. The topological polar surface area (TPSA) is 43.1 Å². The van der Waals surface area contributed by atoms with Crippen LogP contribution in [0.1, 0.15) is 0 Å². The fraction of sp³-hybridized carbons (Fsp3) is 0. The Hall–Kier alpha value is -1.30. The molecule has 0 unspecified atom stereocenters. The molecule has 90 valence electrons. The molecule has 0 aliphatic heterocycles. The Balaban J connectivity index is 2.06. The summed E-state index contributed by atoms with van der Waals surface area (Å²) in [6.45, 7) is 0. The Kier molecular flexibility index (Phi) is 3.11. The molecule has 7 heteroatoms. The van der Waals surface area contributed by atoms with E-state index in [1.807, 2.05) is 12.1 Å². The summed E-state index contributed by atoms with van der Waals surface area (Å²) in [5.41, 5.74) is 0.742. The monoisotopic (exact) mass is 296 g/mol. The molecular weight excluding hydrogens is 291 g/mol. The second kappa shape index (κ2) is 4.76. The van der Waals surface area contributed by atoms with Gasteiger partial charge in [0, 0.05) is 11.1 Å². The molecule has 0 fully saturated rings. The van der Waals surface area contributed by atoms with Crippen LogP contribution in [-0.2, 0) is 0 Å². The molecule has 0 aliphatic carbocycles. The summed E-state index contributed by atoms with van der Waals surface area (Å²) in [5.74, 6) is 0. The van der Waals surface area contributed by atoms with Gasteiger partial charge < -0.3 is 0 Å². The maximum Gasteiger partial charge on any atom is 0.177 e. The highest BCUT2D eigenvalue weighted by molar-refractivity contribution is 7.99. The molecule has 2 heterocycles. The van der Waals surface area contributed by atoms with Gasteiger partial charge in [0.25, 0.3) is 0 Å². The van der Waals surface area contributed by atoms with E-state index in [9.17, 15) is 0 Å². The molecule has 3 aromatic rings. The highest BCUT2D eigenvalue weighted by Crippen LogP contribution is 2.37. The van der Waals surface area contributed by atoms with E-state index in [-0.39, 0.29) is 0 Å². The molecule has 0 bridgehead atoms. The number of fused-ring (bicyclic) bond motifs is 1. The standard InChI is InChI=1S/C11H6Cl2N4S/c12-7-2-1-3-8(10(7)13)18-9-4-14-5-17-6-15-16-11(9)17/h1-6H. The van der Waals surface area contributed by atoms with Crippen LogP contribution >= 0.6 is 35.0 Å². The van der Waals surface area contributed by atoms with E-state index in [1.54, 1.807) is 29.3 Å². The van der Waals surface area contributed by atoms with Gasteiger partial charge in [-0.05, 0) is 12.1 Å². The fourth-order valence-electron chi connectivity index (χ4n) is 1.49. The number of nitrogens with zero attached hydrogens (tertiary/aromatic N) is 4. The molecule has 0 radical (unpaired) electrons. The Labute approximate surface area is 117 Å². The maximum atomic E-state index is 6.15. The van der Waals surface area contributed by atoms with E-state index < -0.39 is 0 Å². The van der Waals surface area contributed by atoms with Crippen LogP contribution in [0.3, 0.4) is 0 Å². The summed E-state index contributed by atoms with van der Waals surface area (Å²) in [6.07, 6.45) is 4.98. The number of hydrogen-bond acceptors (Lipinski definition) is 4. The van der Waals surface area contributed by atoms with Crippen molar-refractivity contribution in [1.82, 2.24) is 19.6 Å². The smallest absolute Gasteiger partial charge is 0.177 e. The van der Waals surface area contributed by atoms with Crippen LogP contribution in [0, 0.1) is 0 Å². The van der Waals surface area contributed by atoms with Gasteiger partial charge in [-0.3, -0.25) is 4.40 Å². The molecule has 0 N–H and O–H groups in total. The molecule has 4 nitrogen and oxygen atoms in total. The molecule has 0 saturated carbocycles. The second-order valence-corrected chi connectivity index (χ2v) is 5.34. The van der Waals surface area contributed by atoms with Crippen LogP contribution < -0.4 is 0 Å². The van der Waals surface area contributed by atoms with Crippen molar-refractivity contribution in [2.75, 3.05) is 0 Å². The average molecular weight is 297 g/mol. The largest absolute Gasteiger partial charge is 0.271 e. The van der Waals surface area contributed by atoms with E-state index in [2.05, 4.69) is 15.2 Å². The van der Waals surface area contributed by atoms with Crippen LogP contribution in [0.2, 0.25) is 10.0 Å². The summed E-state index contributed by atoms with van der Waals surface area (Å²) in [5, 5.41) is 8.95. The minimum atomic E-state index is 0.531. The van der Waals surface area contributed by atoms with Crippen LogP contribution in [0.4, 0.5) is 0 Å². The quantitative estimate of drug-likeness (QED) is 0.725. The minimum absolute atomic E-state index is 0.531. The van der Waals surface area contributed by atoms with Crippen LogP contribution in [0.5, 0.6) is 0 Å². The number of benzene rings is 1. The Bertz CT molecular complexity index is 713. The summed E-state index contributed by atoms with van der Waals surface area (Å²) >= 11 is 13.6. The molecule has 0 saturated heterocycles. The van der Waals surface area contributed by atoms with E-state index in [1.165, 1.54) is 11.8 Å². The molecule has 0 amide bonds. The summed E-state index contributed by atoms with van der Waals surface area (Å²) in [7, 11) is 0. The average Bonchev–Trinajstić information content (AvgIpc) is 2.84. The van der Waals surface area contributed by atoms with Gasteiger partial charge >= 0.3 is 0 Å². The predicted molar refractivity (Wildman–Crippen MR) is 71.4 cm³/mol. The van der Waals surface area contributed by atoms with Gasteiger partial charge in [-0.1, -0.05) is 41.0 Å². The van der Waals surface area contributed by atoms with Crippen molar-refractivity contribution in [3.8, 4) is 0 Å². The zero-order chi connectivity index (χ0) is 12.5. The maximum absolute atomic E-state index is 6.15. The van der Waals surface area contributed by atoms with E-state index in [4.69, 9.17) is 23.2 Å². The molecule has 3 rings (SSSR count). The van der Waals surface area contributed by atoms with Crippen molar-refractivity contribution in [2.45, 2.75) is 9.79 Å². The van der Waals surface area contributed by atoms with E-state index in [0.717, 1.165) is 15.4 Å². The van der Waals surface area contributed by atoms with Gasteiger partial charge in [-0.25, -0.2) is 4.98 Å². The lowest BCUT2D eigenvalue weighted by molar-refractivity contribution is 1.04. The third-order valence-electron chi connectivity index (χ3n) is 2.31. The van der Waals surface area contributed by atoms with Crippen LogP contribution in [0.25, 0.3) is 5.65 Å². The van der Waals surface area contributed by atoms with Crippen LogP contribution in [0.15, 0.2) is 46.8 Å². The van der Waals surface area contributed by atoms with Crippen molar-refractivity contribution in [1.29, 1.82) is 0 Å². The highest BCUT2D eigenvalue weighted by atomic mass is 35.5. The summed E-state index contributed by atoms with van der Waals surface area (Å²) in [4.78, 5) is 5.86.